The van der Waals surface area contributed by atoms with Crippen LogP contribution in [0.1, 0.15) is 12.5 Å². The van der Waals surface area contributed by atoms with E-state index in [2.05, 4.69) is 5.10 Å². The monoisotopic (exact) mass is 356 g/mol. The summed E-state index contributed by atoms with van der Waals surface area (Å²) in [7, 11) is -4.00. The Morgan fingerprint density at radius 1 is 1.13 bits per heavy atom. The van der Waals surface area contributed by atoms with Gasteiger partial charge in [0.05, 0.1) is 21.6 Å². The third-order valence-corrected chi connectivity index (χ3v) is 5.36. The first-order valence-electron chi connectivity index (χ1n) is 6.57. The van der Waals surface area contributed by atoms with Crippen molar-refractivity contribution in [1.29, 1.82) is 0 Å². The largest absolute Gasteiger partial charge is 0.283 e. The van der Waals surface area contributed by atoms with Crippen LogP contribution in [0.5, 0.6) is 0 Å². The number of fused-ring (bicyclic) bond motifs is 1. The molecule has 0 radical (unpaired) electrons. The normalized spacial score (nSPS) is 12.7. The van der Waals surface area contributed by atoms with Gasteiger partial charge >= 0.3 is 0 Å². The average Bonchev–Trinajstić information content (AvgIpc) is 2.92. The van der Waals surface area contributed by atoms with E-state index in [9.17, 15) is 17.2 Å². The number of halogens is 3. The van der Waals surface area contributed by atoms with E-state index in [4.69, 9.17) is 11.6 Å². The van der Waals surface area contributed by atoms with Gasteiger partial charge < -0.3 is 0 Å². The van der Waals surface area contributed by atoms with E-state index in [1.807, 2.05) is 0 Å². The summed E-state index contributed by atoms with van der Waals surface area (Å²) >= 11 is 6.01. The summed E-state index contributed by atoms with van der Waals surface area (Å²) in [5.41, 5.74) is 0.0622. The van der Waals surface area contributed by atoms with E-state index in [1.165, 1.54) is 6.20 Å². The number of alkyl halides is 2. The molecule has 0 spiro atoms. The van der Waals surface area contributed by atoms with E-state index in [0.29, 0.717) is 15.9 Å². The number of benzene rings is 2. The van der Waals surface area contributed by atoms with Gasteiger partial charge in [0, 0.05) is 17.9 Å². The van der Waals surface area contributed by atoms with Crippen molar-refractivity contribution < 1.29 is 17.2 Å². The van der Waals surface area contributed by atoms with Crippen molar-refractivity contribution in [3.8, 4) is 0 Å². The van der Waals surface area contributed by atoms with Crippen LogP contribution in [0, 0.1) is 0 Å². The molecule has 0 atom stereocenters. The van der Waals surface area contributed by atoms with Gasteiger partial charge in [-0.05, 0) is 24.3 Å². The summed E-state index contributed by atoms with van der Waals surface area (Å²) in [5, 5.41) is 4.75. The fourth-order valence-corrected chi connectivity index (χ4v) is 3.69. The fraction of sp³-hybridized carbons (Fsp3) is 0.133. The van der Waals surface area contributed by atoms with E-state index in [-0.39, 0.29) is 10.5 Å². The molecule has 3 rings (SSSR count). The highest BCUT2D eigenvalue weighted by molar-refractivity contribution is 7.90. The van der Waals surface area contributed by atoms with Crippen LogP contribution in [0.2, 0.25) is 5.02 Å². The molecule has 2 aromatic carbocycles. The lowest BCUT2D eigenvalue weighted by molar-refractivity contribution is 0.0174. The number of aromatic nitrogens is 2. The smallest absolute Gasteiger partial charge is 0.202 e. The SMILES string of the molecule is CC(F)(F)c1ccc(S(=O)(=O)n2ncc3c(Cl)cccc32)cc1. The Hall–Kier alpha value is -1.99. The van der Waals surface area contributed by atoms with Gasteiger partial charge in [0.2, 0.25) is 0 Å². The van der Waals surface area contributed by atoms with Gasteiger partial charge in [-0.15, -0.1) is 0 Å². The minimum atomic E-state index is -4.00. The lowest BCUT2D eigenvalue weighted by Gasteiger charge is -2.11. The molecule has 0 saturated heterocycles. The molecule has 0 N–H and O–H groups in total. The van der Waals surface area contributed by atoms with Crippen LogP contribution >= 0.6 is 11.6 Å². The minimum Gasteiger partial charge on any atom is -0.202 e. The maximum Gasteiger partial charge on any atom is 0.283 e. The molecule has 3 aromatic rings. The molecule has 0 unspecified atom stereocenters. The first kappa shape index (κ1) is 15.9. The molecule has 0 aliphatic rings. The summed E-state index contributed by atoms with van der Waals surface area (Å²) in [5.74, 6) is -3.03. The Kier molecular flexibility index (Phi) is 3.65. The Morgan fingerprint density at radius 2 is 1.78 bits per heavy atom. The van der Waals surface area contributed by atoms with E-state index in [0.717, 1.165) is 35.3 Å². The topological polar surface area (TPSA) is 52.0 Å². The molecule has 0 amide bonds. The number of rotatable bonds is 3. The van der Waals surface area contributed by atoms with Crippen molar-refractivity contribution in [2.45, 2.75) is 17.7 Å². The quantitative estimate of drug-likeness (QED) is 0.711. The fourth-order valence-electron chi connectivity index (χ4n) is 2.20. The molecule has 1 heterocycles. The summed E-state index contributed by atoms with van der Waals surface area (Å²) in [6, 6.07) is 9.26. The van der Waals surface area contributed by atoms with Gasteiger partial charge in [0.15, 0.2) is 0 Å². The van der Waals surface area contributed by atoms with Crippen LogP contribution in [0.3, 0.4) is 0 Å². The molecule has 0 fully saturated rings. The molecule has 120 valence electrons. The number of nitrogens with zero attached hydrogens (tertiary/aromatic N) is 2. The Morgan fingerprint density at radius 3 is 2.39 bits per heavy atom. The van der Waals surface area contributed by atoms with Crippen LogP contribution in [-0.2, 0) is 15.9 Å². The Balaban J connectivity index is 2.12. The van der Waals surface area contributed by atoms with Gasteiger partial charge in [-0.3, -0.25) is 0 Å². The lowest BCUT2D eigenvalue weighted by atomic mass is 10.1. The third kappa shape index (κ3) is 2.70. The van der Waals surface area contributed by atoms with E-state index < -0.39 is 15.9 Å². The summed E-state index contributed by atoms with van der Waals surface area (Å²) in [6.07, 6.45) is 1.35. The van der Waals surface area contributed by atoms with E-state index in [1.54, 1.807) is 18.2 Å². The second kappa shape index (κ2) is 5.28. The van der Waals surface area contributed by atoms with Crippen molar-refractivity contribution in [3.63, 3.8) is 0 Å². The van der Waals surface area contributed by atoms with Crippen LogP contribution in [-0.4, -0.2) is 17.6 Å². The van der Waals surface area contributed by atoms with Gasteiger partial charge in [-0.25, -0.2) is 8.78 Å². The van der Waals surface area contributed by atoms with Crippen molar-refractivity contribution in [2.75, 3.05) is 0 Å². The molecule has 0 aliphatic heterocycles. The summed E-state index contributed by atoms with van der Waals surface area (Å²) in [4.78, 5) is -0.129. The molecular formula is C15H11ClF2N2O2S. The zero-order valence-electron chi connectivity index (χ0n) is 11.9. The van der Waals surface area contributed by atoms with Crippen LogP contribution in [0.25, 0.3) is 10.9 Å². The van der Waals surface area contributed by atoms with Crippen molar-refractivity contribution in [3.05, 3.63) is 59.2 Å². The van der Waals surface area contributed by atoms with Crippen LogP contribution in [0.15, 0.2) is 53.6 Å². The highest BCUT2D eigenvalue weighted by atomic mass is 35.5. The highest BCUT2D eigenvalue weighted by Crippen LogP contribution is 2.29. The minimum absolute atomic E-state index is 0.129. The van der Waals surface area contributed by atoms with Crippen LogP contribution in [0.4, 0.5) is 8.78 Å². The van der Waals surface area contributed by atoms with E-state index >= 15 is 0 Å². The molecule has 0 saturated carbocycles. The standard InChI is InChI=1S/C15H11ClF2N2O2S/c1-15(17,18)10-5-7-11(8-6-10)23(21,22)20-14-4-2-3-13(16)12(14)9-19-20/h2-9H,1H3. The molecule has 4 nitrogen and oxygen atoms in total. The number of hydrogen-bond acceptors (Lipinski definition) is 3. The van der Waals surface area contributed by atoms with Crippen molar-refractivity contribution >= 4 is 32.5 Å². The Labute approximate surface area is 136 Å². The highest BCUT2D eigenvalue weighted by Gasteiger charge is 2.26. The van der Waals surface area contributed by atoms with Gasteiger partial charge in [-0.1, -0.05) is 29.8 Å². The van der Waals surface area contributed by atoms with Crippen molar-refractivity contribution in [2.24, 2.45) is 0 Å². The van der Waals surface area contributed by atoms with Gasteiger partial charge in [-0.2, -0.15) is 17.6 Å². The summed E-state index contributed by atoms with van der Waals surface area (Å²) < 4.78 is 52.6. The maximum atomic E-state index is 13.2. The van der Waals surface area contributed by atoms with Gasteiger partial charge in [0.1, 0.15) is 0 Å². The lowest BCUT2D eigenvalue weighted by Crippen LogP contribution is -2.15. The van der Waals surface area contributed by atoms with Gasteiger partial charge in [0.25, 0.3) is 15.9 Å². The zero-order chi connectivity index (χ0) is 16.8. The molecule has 0 bridgehead atoms. The molecule has 0 aliphatic carbocycles. The predicted octanol–water partition coefficient (Wildman–Crippen LogP) is 4.04. The van der Waals surface area contributed by atoms with Crippen LogP contribution < -0.4 is 0 Å². The zero-order valence-corrected chi connectivity index (χ0v) is 13.4. The number of hydrogen-bond donors (Lipinski definition) is 0. The third-order valence-electron chi connectivity index (χ3n) is 3.41. The van der Waals surface area contributed by atoms with Crippen molar-refractivity contribution in [1.82, 2.24) is 9.19 Å². The first-order chi connectivity index (χ1) is 10.7. The second-order valence-corrected chi connectivity index (χ2v) is 7.25. The Bertz CT molecular complexity index is 977. The predicted molar refractivity (Wildman–Crippen MR) is 83.3 cm³/mol. The molecular weight excluding hydrogens is 346 g/mol. The molecule has 8 heteroatoms. The molecule has 1 aromatic heterocycles. The maximum absolute atomic E-state index is 13.2. The average molecular weight is 357 g/mol. The summed E-state index contributed by atoms with van der Waals surface area (Å²) in [6.45, 7) is 0.750. The second-order valence-electron chi connectivity index (χ2n) is 5.08. The first-order valence-corrected chi connectivity index (χ1v) is 8.39. The molecule has 23 heavy (non-hydrogen) atoms.